The second kappa shape index (κ2) is 8.14. The number of aromatic amines is 1. The van der Waals surface area contributed by atoms with E-state index in [0.717, 1.165) is 21.9 Å². The fraction of sp³-hybridized carbons (Fsp3) is 0.190. The molecule has 0 saturated heterocycles. The number of carboxylic acids is 1. The number of hydrogen-bond donors (Lipinski definition) is 3. The van der Waals surface area contributed by atoms with Gasteiger partial charge in [-0.2, -0.15) is 0 Å². The number of benzene rings is 2. The van der Waals surface area contributed by atoms with Crippen molar-refractivity contribution in [2.45, 2.75) is 26.3 Å². The van der Waals surface area contributed by atoms with Crippen molar-refractivity contribution in [3.05, 3.63) is 87.1 Å². The summed E-state index contributed by atoms with van der Waals surface area (Å²) in [6.07, 6.45) is -0.326. The van der Waals surface area contributed by atoms with Crippen molar-refractivity contribution in [3.63, 3.8) is 0 Å². The average Bonchev–Trinajstić information content (AvgIpc) is 3.03. The van der Waals surface area contributed by atoms with Crippen LogP contribution in [0, 0.1) is 19.7 Å². The van der Waals surface area contributed by atoms with Gasteiger partial charge >= 0.3 is 5.97 Å². The monoisotopic (exact) mass is 397 g/mol. The maximum atomic E-state index is 14.0. The van der Waals surface area contributed by atoms with Gasteiger partial charge in [-0.25, -0.2) is 9.07 Å². The van der Waals surface area contributed by atoms with Crippen LogP contribution in [0.2, 0.25) is 0 Å². The summed E-state index contributed by atoms with van der Waals surface area (Å²) in [6, 6.07) is 11.4. The maximum Gasteiger partial charge on any atom is 0.305 e. The minimum absolute atomic E-state index is 0.0204. The quantitative estimate of drug-likeness (QED) is 0.595. The predicted octanol–water partition coefficient (Wildman–Crippen LogP) is 2.87. The summed E-state index contributed by atoms with van der Waals surface area (Å²) >= 11 is 0. The number of carboxylic acid groups (broad SMARTS) is 1. The molecule has 2 aromatic carbocycles. The molecule has 1 amide bonds. The summed E-state index contributed by atoms with van der Waals surface area (Å²) in [5.41, 5.74) is 1.79. The number of amides is 1. The molecule has 1 aromatic heterocycles. The lowest BCUT2D eigenvalue weighted by molar-refractivity contribution is -0.137. The zero-order valence-corrected chi connectivity index (χ0v) is 15.9. The lowest BCUT2D eigenvalue weighted by Gasteiger charge is -2.19. The smallest absolute Gasteiger partial charge is 0.305 e. The van der Waals surface area contributed by atoms with Crippen LogP contribution in [0.4, 0.5) is 4.39 Å². The van der Waals surface area contributed by atoms with Gasteiger partial charge in [-0.05, 0) is 37.1 Å². The third kappa shape index (κ3) is 4.43. The number of H-pyrrole nitrogens is 1. The Labute approximate surface area is 165 Å². The van der Waals surface area contributed by atoms with Gasteiger partial charge in [-0.3, -0.25) is 19.5 Å². The lowest BCUT2D eigenvalue weighted by atomic mass is 9.97. The molecule has 3 aromatic rings. The standard InChI is InChI=1S/C21H20FN3O4/c1-12-7-8-14(13(2)9-12)16(11-20(27)28)23-21(29)17-10-19(26)25(24-17)18-6-4-3-5-15(18)22/h3-10,16,24H,11H2,1-2H3,(H,23,29)(H,27,28). The first-order valence-corrected chi connectivity index (χ1v) is 8.93. The van der Waals surface area contributed by atoms with E-state index in [1.165, 1.54) is 18.2 Å². The van der Waals surface area contributed by atoms with Gasteiger partial charge in [-0.1, -0.05) is 35.9 Å². The molecule has 0 radical (unpaired) electrons. The van der Waals surface area contributed by atoms with Crippen molar-refractivity contribution in [1.82, 2.24) is 15.1 Å². The van der Waals surface area contributed by atoms with Crippen LogP contribution < -0.4 is 10.9 Å². The Bertz CT molecular complexity index is 1130. The Morgan fingerprint density at radius 2 is 1.90 bits per heavy atom. The minimum atomic E-state index is -1.08. The van der Waals surface area contributed by atoms with Crippen molar-refractivity contribution in [1.29, 1.82) is 0 Å². The molecule has 1 unspecified atom stereocenters. The van der Waals surface area contributed by atoms with Crippen LogP contribution in [0.1, 0.15) is 39.6 Å². The number of halogens is 1. The first-order valence-electron chi connectivity index (χ1n) is 8.93. The Morgan fingerprint density at radius 3 is 2.55 bits per heavy atom. The number of para-hydroxylation sites is 1. The molecule has 3 rings (SSSR count). The molecule has 150 valence electrons. The van der Waals surface area contributed by atoms with E-state index in [-0.39, 0.29) is 17.8 Å². The molecule has 1 atom stereocenters. The summed E-state index contributed by atoms with van der Waals surface area (Å²) in [6.45, 7) is 3.75. The molecular weight excluding hydrogens is 377 g/mol. The molecule has 0 saturated carbocycles. The first-order chi connectivity index (χ1) is 13.8. The van der Waals surface area contributed by atoms with Crippen molar-refractivity contribution < 1.29 is 19.1 Å². The van der Waals surface area contributed by atoms with E-state index in [4.69, 9.17) is 0 Å². The Morgan fingerprint density at radius 1 is 1.17 bits per heavy atom. The van der Waals surface area contributed by atoms with E-state index in [1.54, 1.807) is 12.1 Å². The number of rotatable bonds is 6. The molecule has 0 aliphatic rings. The third-order valence-electron chi connectivity index (χ3n) is 4.54. The highest BCUT2D eigenvalue weighted by Crippen LogP contribution is 2.22. The van der Waals surface area contributed by atoms with Crippen LogP contribution in [0.3, 0.4) is 0 Å². The Balaban J connectivity index is 1.91. The Kier molecular flexibility index (Phi) is 5.63. The van der Waals surface area contributed by atoms with Gasteiger partial charge in [0.2, 0.25) is 0 Å². The normalized spacial score (nSPS) is 11.8. The molecule has 3 N–H and O–H groups in total. The molecule has 0 spiro atoms. The number of carbonyl (C=O) groups is 2. The largest absolute Gasteiger partial charge is 0.481 e. The summed E-state index contributed by atoms with van der Waals surface area (Å²) in [5, 5.41) is 14.5. The zero-order chi connectivity index (χ0) is 21.1. The molecule has 7 nitrogen and oxygen atoms in total. The second-order valence-electron chi connectivity index (χ2n) is 6.78. The molecule has 29 heavy (non-hydrogen) atoms. The summed E-state index contributed by atoms with van der Waals surface area (Å²) in [7, 11) is 0. The number of carbonyl (C=O) groups excluding carboxylic acids is 1. The predicted molar refractivity (Wildman–Crippen MR) is 105 cm³/mol. The van der Waals surface area contributed by atoms with E-state index in [2.05, 4.69) is 10.4 Å². The molecule has 0 bridgehead atoms. The van der Waals surface area contributed by atoms with Crippen LogP contribution in [-0.4, -0.2) is 26.8 Å². The van der Waals surface area contributed by atoms with Crippen LogP contribution in [0.15, 0.2) is 53.3 Å². The van der Waals surface area contributed by atoms with Crippen LogP contribution in [0.5, 0.6) is 0 Å². The van der Waals surface area contributed by atoms with E-state index in [0.29, 0.717) is 5.56 Å². The van der Waals surface area contributed by atoms with Crippen molar-refractivity contribution in [3.8, 4) is 5.69 Å². The molecule has 0 aliphatic heterocycles. The number of nitrogens with one attached hydrogen (secondary N) is 2. The van der Waals surface area contributed by atoms with E-state index < -0.39 is 29.3 Å². The number of aryl methyl sites for hydroxylation is 2. The van der Waals surface area contributed by atoms with Crippen molar-refractivity contribution in [2.75, 3.05) is 0 Å². The molecule has 1 heterocycles. The number of aliphatic carboxylic acids is 1. The summed E-state index contributed by atoms with van der Waals surface area (Å²) in [4.78, 5) is 36.2. The number of aromatic nitrogens is 2. The zero-order valence-electron chi connectivity index (χ0n) is 15.9. The summed E-state index contributed by atoms with van der Waals surface area (Å²) in [5.74, 6) is -2.36. The van der Waals surface area contributed by atoms with Gasteiger partial charge in [0.1, 0.15) is 17.2 Å². The highest BCUT2D eigenvalue weighted by atomic mass is 19.1. The number of hydrogen-bond acceptors (Lipinski definition) is 3. The van der Waals surface area contributed by atoms with Crippen molar-refractivity contribution >= 4 is 11.9 Å². The minimum Gasteiger partial charge on any atom is -0.481 e. The van der Waals surface area contributed by atoms with Gasteiger partial charge in [0.05, 0.1) is 12.5 Å². The summed E-state index contributed by atoms with van der Waals surface area (Å²) < 4.78 is 14.9. The van der Waals surface area contributed by atoms with E-state index in [1.807, 2.05) is 26.0 Å². The fourth-order valence-electron chi connectivity index (χ4n) is 3.19. The highest BCUT2D eigenvalue weighted by Gasteiger charge is 2.22. The molecule has 0 fully saturated rings. The van der Waals surface area contributed by atoms with Crippen LogP contribution in [0.25, 0.3) is 5.69 Å². The third-order valence-corrected chi connectivity index (χ3v) is 4.54. The average molecular weight is 397 g/mol. The first kappa shape index (κ1) is 20.1. The topological polar surface area (TPSA) is 104 Å². The van der Waals surface area contributed by atoms with Gasteiger partial charge in [0.15, 0.2) is 0 Å². The van der Waals surface area contributed by atoms with E-state index >= 15 is 0 Å². The van der Waals surface area contributed by atoms with Gasteiger partial charge < -0.3 is 10.4 Å². The Hall–Kier alpha value is -3.68. The van der Waals surface area contributed by atoms with Crippen LogP contribution in [-0.2, 0) is 4.79 Å². The molecular formula is C21H20FN3O4. The molecule has 0 aliphatic carbocycles. The van der Waals surface area contributed by atoms with Gasteiger partial charge in [-0.15, -0.1) is 0 Å². The fourth-order valence-corrected chi connectivity index (χ4v) is 3.19. The lowest BCUT2D eigenvalue weighted by Crippen LogP contribution is -2.31. The van der Waals surface area contributed by atoms with Crippen molar-refractivity contribution in [2.24, 2.45) is 0 Å². The molecule has 8 heteroatoms. The second-order valence-corrected chi connectivity index (χ2v) is 6.78. The highest BCUT2D eigenvalue weighted by molar-refractivity contribution is 5.92. The van der Waals surface area contributed by atoms with Gasteiger partial charge in [0, 0.05) is 6.07 Å². The van der Waals surface area contributed by atoms with Crippen LogP contribution >= 0.6 is 0 Å². The number of nitrogens with zero attached hydrogens (tertiary/aromatic N) is 1. The van der Waals surface area contributed by atoms with Gasteiger partial charge in [0.25, 0.3) is 11.5 Å². The SMILES string of the molecule is Cc1ccc(C(CC(=O)O)NC(=O)c2cc(=O)n(-c3ccccc3F)[nH]2)c(C)c1. The van der Waals surface area contributed by atoms with E-state index in [9.17, 15) is 23.9 Å². The maximum absolute atomic E-state index is 14.0.